The van der Waals surface area contributed by atoms with E-state index in [0.717, 1.165) is 36.8 Å². The third kappa shape index (κ3) is 1.69. The zero-order valence-corrected chi connectivity index (χ0v) is 12.4. The van der Waals surface area contributed by atoms with Crippen molar-refractivity contribution in [2.24, 2.45) is 23.7 Å². The van der Waals surface area contributed by atoms with E-state index in [1.54, 1.807) is 0 Å². The van der Waals surface area contributed by atoms with Gasteiger partial charge in [0.05, 0.1) is 12.7 Å². The lowest BCUT2D eigenvalue weighted by Gasteiger charge is -2.40. The summed E-state index contributed by atoms with van der Waals surface area (Å²) >= 11 is 0. The predicted octanol–water partition coefficient (Wildman–Crippen LogP) is 2.65. The molecule has 0 amide bonds. The molecule has 0 aromatic heterocycles. The van der Waals surface area contributed by atoms with Gasteiger partial charge in [0, 0.05) is 18.4 Å². The van der Waals surface area contributed by atoms with Gasteiger partial charge in [0.25, 0.3) is 0 Å². The Morgan fingerprint density at radius 2 is 1.90 bits per heavy atom. The molecule has 2 heterocycles. The molecule has 2 saturated heterocycles. The summed E-state index contributed by atoms with van der Waals surface area (Å²) in [6.45, 7) is 4.49. The van der Waals surface area contributed by atoms with Crippen LogP contribution in [-0.2, 0) is 9.47 Å². The normalized spacial score (nSPS) is 54.3. The molecule has 20 heavy (non-hydrogen) atoms. The van der Waals surface area contributed by atoms with E-state index in [1.165, 1.54) is 58.0 Å². The zero-order valence-electron chi connectivity index (χ0n) is 12.4. The molecule has 4 bridgehead atoms. The van der Waals surface area contributed by atoms with E-state index in [0.29, 0.717) is 6.10 Å². The van der Waals surface area contributed by atoms with Gasteiger partial charge in [-0.15, -0.1) is 0 Å². The first-order chi connectivity index (χ1) is 9.83. The molecule has 2 aliphatic heterocycles. The molecule has 0 aromatic rings. The van der Waals surface area contributed by atoms with Crippen molar-refractivity contribution in [3.8, 4) is 0 Å². The van der Waals surface area contributed by atoms with Crippen molar-refractivity contribution in [2.45, 2.75) is 56.8 Å². The molecule has 6 fully saturated rings. The Morgan fingerprint density at radius 3 is 2.75 bits per heavy atom. The third-order valence-electron chi connectivity index (χ3n) is 6.84. The van der Waals surface area contributed by atoms with Crippen molar-refractivity contribution >= 4 is 0 Å². The Labute approximate surface area is 122 Å². The van der Waals surface area contributed by atoms with Gasteiger partial charge >= 0.3 is 0 Å². The van der Waals surface area contributed by atoms with Gasteiger partial charge in [-0.3, -0.25) is 0 Å². The summed E-state index contributed by atoms with van der Waals surface area (Å²) in [4.78, 5) is 2.60. The summed E-state index contributed by atoms with van der Waals surface area (Å²) in [6, 6.07) is 0. The Kier molecular flexibility index (Phi) is 2.76. The van der Waals surface area contributed by atoms with E-state index in [-0.39, 0.29) is 5.79 Å². The second kappa shape index (κ2) is 4.44. The highest BCUT2D eigenvalue weighted by Gasteiger charge is 2.66. The largest absolute Gasteiger partial charge is 0.347 e. The van der Waals surface area contributed by atoms with Crippen LogP contribution in [0.25, 0.3) is 0 Å². The minimum absolute atomic E-state index is 0.141. The second-order valence-electron chi connectivity index (χ2n) is 8.01. The molecular formula is C17H27NO2. The van der Waals surface area contributed by atoms with Gasteiger partial charge in [-0.25, -0.2) is 0 Å². The smallest absolute Gasteiger partial charge is 0.174 e. The molecule has 4 aliphatic carbocycles. The highest BCUT2D eigenvalue weighted by atomic mass is 16.7. The molecule has 6 unspecified atom stereocenters. The van der Waals surface area contributed by atoms with Crippen molar-refractivity contribution in [3.05, 3.63) is 0 Å². The zero-order chi connectivity index (χ0) is 13.2. The molecule has 112 valence electrons. The average Bonchev–Trinajstić information content (AvgIpc) is 3.06. The minimum Gasteiger partial charge on any atom is -0.347 e. The SMILES string of the molecule is C1CCN(CC2COC3(O2)C2CC4CC(C2)C3C4)CC1. The maximum Gasteiger partial charge on any atom is 0.174 e. The average molecular weight is 277 g/mol. The molecule has 6 aliphatic rings. The van der Waals surface area contributed by atoms with Crippen LogP contribution in [0.3, 0.4) is 0 Å². The van der Waals surface area contributed by atoms with Gasteiger partial charge in [0.2, 0.25) is 0 Å². The van der Waals surface area contributed by atoms with E-state index < -0.39 is 0 Å². The van der Waals surface area contributed by atoms with Crippen LogP contribution in [-0.4, -0.2) is 43.0 Å². The minimum atomic E-state index is -0.141. The van der Waals surface area contributed by atoms with Crippen LogP contribution >= 0.6 is 0 Å². The number of rotatable bonds is 2. The van der Waals surface area contributed by atoms with Crippen LogP contribution in [0.1, 0.15) is 44.9 Å². The van der Waals surface area contributed by atoms with E-state index in [4.69, 9.17) is 9.47 Å². The number of hydrogen-bond acceptors (Lipinski definition) is 3. The van der Waals surface area contributed by atoms with Gasteiger partial charge in [-0.05, 0) is 63.5 Å². The fourth-order valence-electron chi connectivity index (χ4n) is 6.16. The van der Waals surface area contributed by atoms with Crippen molar-refractivity contribution in [1.82, 2.24) is 4.90 Å². The summed E-state index contributed by atoms with van der Waals surface area (Å²) in [6.07, 6.45) is 10.1. The molecule has 0 aromatic carbocycles. The van der Waals surface area contributed by atoms with E-state index in [1.807, 2.05) is 0 Å². The maximum absolute atomic E-state index is 6.61. The molecule has 6 rings (SSSR count). The summed E-state index contributed by atoms with van der Waals surface area (Å²) in [7, 11) is 0. The number of hydrogen-bond donors (Lipinski definition) is 0. The van der Waals surface area contributed by atoms with Crippen LogP contribution in [0.2, 0.25) is 0 Å². The Hall–Kier alpha value is -0.120. The predicted molar refractivity (Wildman–Crippen MR) is 76.3 cm³/mol. The molecular weight excluding hydrogens is 250 g/mol. The highest BCUT2D eigenvalue weighted by Crippen LogP contribution is 2.65. The van der Waals surface area contributed by atoms with Gasteiger partial charge in [0.15, 0.2) is 5.79 Å². The van der Waals surface area contributed by atoms with Crippen LogP contribution in [0.4, 0.5) is 0 Å². The Morgan fingerprint density at radius 1 is 1.00 bits per heavy atom. The lowest BCUT2D eigenvalue weighted by atomic mass is 9.78. The first-order valence-corrected chi connectivity index (χ1v) is 8.87. The summed E-state index contributed by atoms with van der Waals surface area (Å²) in [5, 5.41) is 0. The van der Waals surface area contributed by atoms with Crippen LogP contribution in [0.5, 0.6) is 0 Å². The molecule has 0 radical (unpaired) electrons. The summed E-state index contributed by atoms with van der Waals surface area (Å²) in [5.74, 6) is 3.24. The van der Waals surface area contributed by atoms with Gasteiger partial charge in [-0.2, -0.15) is 0 Å². The fraction of sp³-hybridized carbons (Fsp3) is 1.00. The van der Waals surface area contributed by atoms with Gasteiger partial charge < -0.3 is 14.4 Å². The molecule has 6 atom stereocenters. The number of nitrogens with zero attached hydrogens (tertiary/aromatic N) is 1. The van der Waals surface area contributed by atoms with E-state index in [9.17, 15) is 0 Å². The van der Waals surface area contributed by atoms with Gasteiger partial charge in [0.1, 0.15) is 0 Å². The standard InChI is InChI=1S/C17H27NO2/c1-2-4-18(5-3-1)10-15-11-19-17(20-15)14-7-12-6-13(9-14)16(17)8-12/h12-16H,1-11H2. The topological polar surface area (TPSA) is 21.7 Å². The van der Waals surface area contributed by atoms with Crippen molar-refractivity contribution < 1.29 is 9.47 Å². The monoisotopic (exact) mass is 277 g/mol. The van der Waals surface area contributed by atoms with E-state index in [2.05, 4.69) is 4.90 Å². The second-order valence-corrected chi connectivity index (χ2v) is 8.01. The third-order valence-corrected chi connectivity index (χ3v) is 6.84. The maximum atomic E-state index is 6.61. The quantitative estimate of drug-likeness (QED) is 0.774. The number of piperidine rings is 1. The first-order valence-electron chi connectivity index (χ1n) is 8.87. The van der Waals surface area contributed by atoms with E-state index >= 15 is 0 Å². The van der Waals surface area contributed by atoms with Gasteiger partial charge in [-0.1, -0.05) is 6.42 Å². The molecule has 1 spiro atoms. The summed E-state index contributed by atoms with van der Waals surface area (Å²) < 4.78 is 13.0. The van der Waals surface area contributed by atoms with Crippen LogP contribution in [0, 0.1) is 23.7 Å². The lowest BCUT2D eigenvalue weighted by molar-refractivity contribution is -0.233. The van der Waals surface area contributed by atoms with Crippen molar-refractivity contribution in [3.63, 3.8) is 0 Å². The molecule has 4 saturated carbocycles. The summed E-state index contributed by atoms with van der Waals surface area (Å²) in [5.41, 5.74) is 0. The van der Waals surface area contributed by atoms with Crippen molar-refractivity contribution in [1.29, 1.82) is 0 Å². The van der Waals surface area contributed by atoms with Crippen LogP contribution < -0.4 is 0 Å². The fourth-order valence-corrected chi connectivity index (χ4v) is 6.16. The van der Waals surface area contributed by atoms with Crippen LogP contribution in [0.15, 0.2) is 0 Å². The molecule has 3 heteroatoms. The molecule has 3 nitrogen and oxygen atoms in total. The first kappa shape index (κ1) is 12.4. The number of likely N-dealkylation sites (tertiary alicyclic amines) is 1. The number of ether oxygens (including phenoxy) is 2. The Balaban J connectivity index is 1.28. The molecule has 0 N–H and O–H groups in total. The highest BCUT2D eigenvalue weighted by molar-refractivity contribution is 5.10. The lowest BCUT2D eigenvalue weighted by Crippen LogP contribution is -2.46. The van der Waals surface area contributed by atoms with Crippen molar-refractivity contribution in [2.75, 3.05) is 26.2 Å². The Bertz CT molecular complexity index is 390.